The minimum atomic E-state index is -0.682. The van der Waals surface area contributed by atoms with Crippen molar-refractivity contribution >= 4 is 56.8 Å². The molecule has 0 fully saturated rings. The van der Waals surface area contributed by atoms with E-state index in [1.807, 2.05) is 12.1 Å². The molecule has 1 N–H and O–H groups in total. The zero-order valence-electron chi connectivity index (χ0n) is 11.1. The Bertz CT molecular complexity index is 936. The number of carbonyl (C=O) groups excluding carboxylic acids is 1. The molecule has 4 nitrogen and oxygen atoms in total. The van der Waals surface area contributed by atoms with E-state index in [4.69, 9.17) is 16.0 Å². The minimum absolute atomic E-state index is 0.0607. The monoisotopic (exact) mass is 425 g/mol. The molecule has 0 aliphatic carbocycles. The molecule has 1 heterocycles. The van der Waals surface area contributed by atoms with Gasteiger partial charge in [-0.05, 0) is 59.0 Å². The van der Waals surface area contributed by atoms with E-state index >= 15 is 0 Å². The van der Waals surface area contributed by atoms with Gasteiger partial charge in [-0.25, -0.2) is 4.79 Å². The molecule has 2 aromatic carbocycles. The Kier molecular flexibility index (Phi) is 4.17. The van der Waals surface area contributed by atoms with Gasteiger partial charge >= 0.3 is 5.63 Å². The summed E-state index contributed by atoms with van der Waals surface area (Å²) in [6.07, 6.45) is 0. The third-order valence-electron chi connectivity index (χ3n) is 3.06. The van der Waals surface area contributed by atoms with Crippen LogP contribution in [-0.2, 0) is 0 Å². The van der Waals surface area contributed by atoms with E-state index in [1.165, 1.54) is 6.07 Å². The Morgan fingerprint density at radius 1 is 1.14 bits per heavy atom. The topological polar surface area (TPSA) is 59.3 Å². The van der Waals surface area contributed by atoms with Crippen LogP contribution in [0.1, 0.15) is 10.4 Å². The van der Waals surface area contributed by atoms with Gasteiger partial charge in [-0.2, -0.15) is 0 Å². The van der Waals surface area contributed by atoms with Crippen LogP contribution >= 0.6 is 34.2 Å². The lowest BCUT2D eigenvalue weighted by atomic mass is 10.1. The average molecular weight is 426 g/mol. The van der Waals surface area contributed by atoms with Gasteiger partial charge in [-0.3, -0.25) is 4.79 Å². The lowest BCUT2D eigenvalue weighted by molar-refractivity contribution is 0.102. The first-order valence-corrected chi connectivity index (χ1v) is 7.79. The molecule has 0 atom stereocenters. The van der Waals surface area contributed by atoms with Gasteiger partial charge in [0.05, 0.1) is 5.69 Å². The van der Waals surface area contributed by atoms with Crippen molar-refractivity contribution in [1.29, 1.82) is 0 Å². The minimum Gasteiger partial charge on any atom is -0.422 e. The number of para-hydroxylation sites is 1. The number of fused-ring (bicyclic) bond motifs is 1. The van der Waals surface area contributed by atoms with Crippen molar-refractivity contribution in [3.63, 3.8) is 0 Å². The zero-order valence-corrected chi connectivity index (χ0v) is 14.0. The van der Waals surface area contributed by atoms with Crippen LogP contribution in [0.3, 0.4) is 0 Å². The van der Waals surface area contributed by atoms with E-state index in [0.717, 1.165) is 3.57 Å². The van der Waals surface area contributed by atoms with Crippen LogP contribution in [0.15, 0.2) is 57.7 Å². The molecule has 3 aromatic rings. The number of amides is 1. The molecule has 1 aromatic heterocycles. The molecule has 22 heavy (non-hydrogen) atoms. The third kappa shape index (κ3) is 3.00. The first-order valence-electron chi connectivity index (χ1n) is 6.34. The predicted octanol–water partition coefficient (Wildman–Crippen LogP) is 4.30. The molecule has 3 rings (SSSR count). The van der Waals surface area contributed by atoms with Crippen LogP contribution < -0.4 is 10.9 Å². The van der Waals surface area contributed by atoms with Crippen molar-refractivity contribution in [3.8, 4) is 0 Å². The fraction of sp³-hybridized carbons (Fsp3) is 0. The second-order valence-electron chi connectivity index (χ2n) is 4.56. The summed E-state index contributed by atoms with van der Waals surface area (Å²) < 4.78 is 6.04. The van der Waals surface area contributed by atoms with Gasteiger partial charge in [0.25, 0.3) is 5.91 Å². The molecular formula is C16H9ClINO3. The van der Waals surface area contributed by atoms with Crippen LogP contribution in [0.25, 0.3) is 11.0 Å². The molecule has 0 radical (unpaired) electrons. The number of hydrogen-bond donors (Lipinski definition) is 1. The van der Waals surface area contributed by atoms with Crippen LogP contribution in [0.5, 0.6) is 0 Å². The van der Waals surface area contributed by atoms with Gasteiger partial charge in [0.2, 0.25) is 0 Å². The SMILES string of the molecule is O=C(Nc1ccccc1I)c1cc2cc(Cl)ccc2oc1=O. The second-order valence-corrected chi connectivity index (χ2v) is 6.16. The first kappa shape index (κ1) is 15.1. The highest BCUT2D eigenvalue weighted by atomic mass is 127. The van der Waals surface area contributed by atoms with E-state index in [9.17, 15) is 9.59 Å². The maximum Gasteiger partial charge on any atom is 0.349 e. The molecule has 1 amide bonds. The fourth-order valence-electron chi connectivity index (χ4n) is 2.00. The number of nitrogens with one attached hydrogen (secondary N) is 1. The van der Waals surface area contributed by atoms with Crippen molar-refractivity contribution in [3.05, 3.63) is 73.1 Å². The highest BCUT2D eigenvalue weighted by Gasteiger charge is 2.15. The summed E-state index contributed by atoms with van der Waals surface area (Å²) in [6.45, 7) is 0. The number of hydrogen-bond acceptors (Lipinski definition) is 3. The quantitative estimate of drug-likeness (QED) is 0.492. The number of rotatable bonds is 2. The summed E-state index contributed by atoms with van der Waals surface area (Å²) in [5, 5.41) is 3.81. The highest BCUT2D eigenvalue weighted by Crippen LogP contribution is 2.20. The smallest absolute Gasteiger partial charge is 0.349 e. The van der Waals surface area contributed by atoms with E-state index in [0.29, 0.717) is 21.7 Å². The summed E-state index contributed by atoms with van der Waals surface area (Å²) in [5.74, 6) is -0.514. The highest BCUT2D eigenvalue weighted by molar-refractivity contribution is 14.1. The van der Waals surface area contributed by atoms with Gasteiger partial charge < -0.3 is 9.73 Å². The van der Waals surface area contributed by atoms with Crippen LogP contribution in [-0.4, -0.2) is 5.91 Å². The Hall–Kier alpha value is -1.86. The molecule has 0 bridgehead atoms. The van der Waals surface area contributed by atoms with Crippen molar-refractivity contribution in [2.24, 2.45) is 0 Å². The van der Waals surface area contributed by atoms with Crippen LogP contribution in [0.2, 0.25) is 5.02 Å². The van der Waals surface area contributed by atoms with Crippen molar-refractivity contribution in [2.75, 3.05) is 5.32 Å². The van der Waals surface area contributed by atoms with Gasteiger partial charge in [-0.1, -0.05) is 23.7 Å². The van der Waals surface area contributed by atoms with Crippen molar-refractivity contribution < 1.29 is 9.21 Å². The fourth-order valence-corrected chi connectivity index (χ4v) is 2.71. The molecule has 0 spiro atoms. The van der Waals surface area contributed by atoms with Gasteiger partial charge in [0.1, 0.15) is 11.1 Å². The average Bonchev–Trinajstić information content (AvgIpc) is 2.49. The van der Waals surface area contributed by atoms with E-state index in [-0.39, 0.29) is 5.56 Å². The largest absolute Gasteiger partial charge is 0.422 e. The van der Waals surface area contributed by atoms with Crippen molar-refractivity contribution in [1.82, 2.24) is 0 Å². The van der Waals surface area contributed by atoms with E-state index < -0.39 is 11.5 Å². The van der Waals surface area contributed by atoms with Gasteiger partial charge in [0, 0.05) is 14.0 Å². The summed E-state index contributed by atoms with van der Waals surface area (Å²) in [6, 6.07) is 13.6. The zero-order chi connectivity index (χ0) is 15.7. The molecular weight excluding hydrogens is 417 g/mol. The number of anilines is 1. The van der Waals surface area contributed by atoms with E-state index in [2.05, 4.69) is 27.9 Å². The Balaban J connectivity index is 2.02. The number of halogens is 2. The van der Waals surface area contributed by atoms with Gasteiger partial charge in [-0.15, -0.1) is 0 Å². The normalized spacial score (nSPS) is 10.6. The second kappa shape index (κ2) is 6.10. The number of benzene rings is 2. The molecule has 110 valence electrons. The molecule has 0 aliphatic rings. The Morgan fingerprint density at radius 2 is 1.91 bits per heavy atom. The lowest BCUT2D eigenvalue weighted by Crippen LogP contribution is -2.21. The summed E-state index contributed by atoms with van der Waals surface area (Å²) in [5.41, 5.74) is 0.284. The van der Waals surface area contributed by atoms with Crippen LogP contribution in [0, 0.1) is 3.57 Å². The lowest BCUT2D eigenvalue weighted by Gasteiger charge is -2.07. The molecule has 0 unspecified atom stereocenters. The van der Waals surface area contributed by atoms with Gasteiger partial charge in [0.15, 0.2) is 0 Å². The predicted molar refractivity (Wildman–Crippen MR) is 94.6 cm³/mol. The third-order valence-corrected chi connectivity index (χ3v) is 4.24. The first-order chi connectivity index (χ1) is 10.5. The van der Waals surface area contributed by atoms with E-state index in [1.54, 1.807) is 30.3 Å². The molecule has 0 saturated carbocycles. The van der Waals surface area contributed by atoms with Crippen LogP contribution in [0.4, 0.5) is 5.69 Å². The Morgan fingerprint density at radius 3 is 2.68 bits per heavy atom. The van der Waals surface area contributed by atoms with Crippen molar-refractivity contribution in [2.45, 2.75) is 0 Å². The summed E-state index contributed by atoms with van der Waals surface area (Å²) in [7, 11) is 0. The molecule has 6 heteroatoms. The Labute approximate surface area is 144 Å². The molecule has 0 aliphatic heterocycles. The molecule has 0 saturated heterocycles. The summed E-state index contributed by atoms with van der Waals surface area (Å²) in [4.78, 5) is 24.3. The maximum atomic E-state index is 12.3. The maximum absolute atomic E-state index is 12.3. The summed E-state index contributed by atoms with van der Waals surface area (Å²) >= 11 is 8.03. The number of carbonyl (C=O) groups is 1. The standard InChI is InChI=1S/C16H9ClINO3/c17-10-5-6-14-9(7-10)8-11(16(21)22-14)15(20)19-13-4-2-1-3-12(13)18/h1-8H,(H,19,20).